The first-order valence-electron chi connectivity index (χ1n) is 8.55. The Bertz CT molecular complexity index is 708. The van der Waals surface area contributed by atoms with Crippen molar-refractivity contribution in [2.45, 2.75) is 31.7 Å². The van der Waals surface area contributed by atoms with Gasteiger partial charge in [0.2, 0.25) is 11.8 Å². The van der Waals surface area contributed by atoms with Gasteiger partial charge in [-0.3, -0.25) is 19.7 Å². The molecular formula is C18H21N3O4. The number of nitro groups is 1. The Balaban J connectivity index is 1.55. The molecule has 0 atom stereocenters. The summed E-state index contributed by atoms with van der Waals surface area (Å²) < 4.78 is 0. The molecule has 2 aliphatic rings. The number of hydrogen-bond acceptors (Lipinski definition) is 4. The van der Waals surface area contributed by atoms with E-state index in [9.17, 15) is 19.7 Å². The Morgan fingerprint density at radius 1 is 1.24 bits per heavy atom. The standard InChI is InChI=1S/C18H21N3O4/c22-17(7-6-14-3-1-4-16(13-14)21(24)25)19-11-8-15(9-12-19)20-10-2-5-18(20)23/h1,3-4,6-7,13,15H,2,5,8-12H2/b7-6+. The molecule has 1 aromatic carbocycles. The molecular weight excluding hydrogens is 322 g/mol. The summed E-state index contributed by atoms with van der Waals surface area (Å²) in [6.07, 6.45) is 6.26. The van der Waals surface area contributed by atoms with Gasteiger partial charge in [0.05, 0.1) is 4.92 Å². The Labute approximate surface area is 146 Å². The number of likely N-dealkylation sites (tertiary alicyclic amines) is 2. The zero-order chi connectivity index (χ0) is 17.8. The summed E-state index contributed by atoms with van der Waals surface area (Å²) >= 11 is 0. The summed E-state index contributed by atoms with van der Waals surface area (Å²) in [5.74, 6) is 0.132. The van der Waals surface area contributed by atoms with Crippen molar-refractivity contribution in [2.75, 3.05) is 19.6 Å². The minimum atomic E-state index is -0.455. The molecule has 7 heteroatoms. The SMILES string of the molecule is O=C(/C=C/c1cccc([N+](=O)[O-])c1)N1CCC(N2CCCC2=O)CC1. The average Bonchev–Trinajstić information content (AvgIpc) is 3.06. The van der Waals surface area contributed by atoms with Crippen LogP contribution in [-0.4, -0.2) is 52.2 Å². The summed E-state index contributed by atoms with van der Waals surface area (Å²) in [6, 6.07) is 6.43. The van der Waals surface area contributed by atoms with Gasteiger partial charge in [-0.15, -0.1) is 0 Å². The lowest BCUT2D eigenvalue weighted by molar-refractivity contribution is -0.384. The van der Waals surface area contributed by atoms with E-state index in [-0.39, 0.29) is 23.5 Å². The molecule has 3 rings (SSSR count). The van der Waals surface area contributed by atoms with Gasteiger partial charge in [-0.1, -0.05) is 12.1 Å². The molecule has 132 valence electrons. The molecule has 0 spiro atoms. The third kappa shape index (κ3) is 4.04. The summed E-state index contributed by atoms with van der Waals surface area (Å²) in [5, 5.41) is 10.8. The van der Waals surface area contributed by atoms with E-state index in [0.717, 1.165) is 25.8 Å². The highest BCUT2D eigenvalue weighted by Gasteiger charge is 2.31. The Hall–Kier alpha value is -2.70. The minimum absolute atomic E-state index is 0.00527. The van der Waals surface area contributed by atoms with Crippen LogP contribution in [0.2, 0.25) is 0 Å². The molecule has 0 bridgehead atoms. The fraction of sp³-hybridized carbons (Fsp3) is 0.444. The van der Waals surface area contributed by atoms with Crippen molar-refractivity contribution in [3.63, 3.8) is 0 Å². The van der Waals surface area contributed by atoms with E-state index in [1.807, 2.05) is 4.90 Å². The molecule has 25 heavy (non-hydrogen) atoms. The number of nitro benzene ring substituents is 1. The van der Waals surface area contributed by atoms with Gasteiger partial charge in [-0.2, -0.15) is 0 Å². The normalized spacial score (nSPS) is 19.0. The predicted octanol–water partition coefficient (Wildman–Crippen LogP) is 2.22. The third-order valence-electron chi connectivity index (χ3n) is 4.83. The second kappa shape index (κ2) is 7.46. The lowest BCUT2D eigenvalue weighted by Gasteiger charge is -2.36. The Kier molecular flexibility index (Phi) is 5.11. The number of hydrogen-bond donors (Lipinski definition) is 0. The predicted molar refractivity (Wildman–Crippen MR) is 92.7 cm³/mol. The smallest absolute Gasteiger partial charge is 0.270 e. The number of piperidine rings is 1. The van der Waals surface area contributed by atoms with Crippen molar-refractivity contribution in [3.8, 4) is 0 Å². The lowest BCUT2D eigenvalue weighted by Crippen LogP contribution is -2.46. The number of non-ortho nitro benzene ring substituents is 1. The average molecular weight is 343 g/mol. The van der Waals surface area contributed by atoms with E-state index in [4.69, 9.17) is 0 Å². The van der Waals surface area contributed by atoms with Crippen LogP contribution in [-0.2, 0) is 9.59 Å². The molecule has 7 nitrogen and oxygen atoms in total. The Morgan fingerprint density at radius 3 is 2.64 bits per heavy atom. The van der Waals surface area contributed by atoms with E-state index in [1.165, 1.54) is 18.2 Å². The summed E-state index contributed by atoms with van der Waals surface area (Å²) in [6.45, 7) is 2.10. The number of rotatable bonds is 4. The van der Waals surface area contributed by atoms with Gasteiger partial charge < -0.3 is 9.80 Å². The minimum Gasteiger partial charge on any atom is -0.340 e. The van der Waals surface area contributed by atoms with Crippen molar-refractivity contribution >= 4 is 23.6 Å². The van der Waals surface area contributed by atoms with Crippen LogP contribution in [0.25, 0.3) is 6.08 Å². The maximum atomic E-state index is 12.3. The van der Waals surface area contributed by atoms with Gasteiger partial charge in [0.25, 0.3) is 5.69 Å². The van der Waals surface area contributed by atoms with E-state index < -0.39 is 4.92 Å². The molecule has 2 heterocycles. The second-order valence-electron chi connectivity index (χ2n) is 6.43. The maximum absolute atomic E-state index is 12.3. The summed E-state index contributed by atoms with van der Waals surface area (Å²) in [4.78, 5) is 38.2. The number of nitrogens with zero attached hydrogens (tertiary/aromatic N) is 3. The maximum Gasteiger partial charge on any atom is 0.270 e. The number of carbonyl (C=O) groups is 2. The lowest BCUT2D eigenvalue weighted by atomic mass is 10.0. The molecule has 0 saturated carbocycles. The molecule has 2 saturated heterocycles. The fourth-order valence-corrected chi connectivity index (χ4v) is 3.47. The molecule has 2 aliphatic heterocycles. The highest BCUT2D eigenvalue weighted by molar-refractivity contribution is 5.92. The highest BCUT2D eigenvalue weighted by atomic mass is 16.6. The van der Waals surface area contributed by atoms with Gasteiger partial charge in [-0.05, 0) is 30.9 Å². The topological polar surface area (TPSA) is 83.8 Å². The van der Waals surface area contributed by atoms with Crippen molar-refractivity contribution in [2.24, 2.45) is 0 Å². The molecule has 0 aliphatic carbocycles. The van der Waals surface area contributed by atoms with Crippen LogP contribution in [0.5, 0.6) is 0 Å². The fourth-order valence-electron chi connectivity index (χ4n) is 3.47. The highest BCUT2D eigenvalue weighted by Crippen LogP contribution is 2.22. The molecule has 2 amide bonds. The van der Waals surface area contributed by atoms with Crippen LogP contribution in [0.15, 0.2) is 30.3 Å². The first kappa shape index (κ1) is 17.1. The number of carbonyl (C=O) groups excluding carboxylic acids is 2. The van der Waals surface area contributed by atoms with Crippen LogP contribution in [0.4, 0.5) is 5.69 Å². The zero-order valence-corrected chi connectivity index (χ0v) is 14.0. The summed E-state index contributed by atoms with van der Waals surface area (Å²) in [7, 11) is 0. The first-order chi connectivity index (χ1) is 12.0. The van der Waals surface area contributed by atoms with E-state index in [0.29, 0.717) is 25.1 Å². The van der Waals surface area contributed by atoms with Gasteiger partial charge in [0, 0.05) is 50.3 Å². The van der Waals surface area contributed by atoms with Crippen molar-refractivity contribution in [3.05, 3.63) is 46.0 Å². The number of amides is 2. The molecule has 0 aromatic heterocycles. The second-order valence-corrected chi connectivity index (χ2v) is 6.43. The third-order valence-corrected chi connectivity index (χ3v) is 4.83. The van der Waals surface area contributed by atoms with Crippen molar-refractivity contribution in [1.82, 2.24) is 9.80 Å². The summed E-state index contributed by atoms with van der Waals surface area (Å²) in [5.41, 5.74) is 0.630. The molecule has 0 N–H and O–H groups in total. The Morgan fingerprint density at radius 2 is 2.00 bits per heavy atom. The van der Waals surface area contributed by atoms with Crippen LogP contribution in [0.3, 0.4) is 0 Å². The van der Waals surface area contributed by atoms with Crippen LogP contribution >= 0.6 is 0 Å². The van der Waals surface area contributed by atoms with E-state index in [2.05, 4.69) is 0 Å². The van der Waals surface area contributed by atoms with E-state index in [1.54, 1.807) is 23.1 Å². The monoisotopic (exact) mass is 343 g/mol. The van der Waals surface area contributed by atoms with Gasteiger partial charge in [-0.25, -0.2) is 0 Å². The van der Waals surface area contributed by atoms with Crippen LogP contribution in [0, 0.1) is 10.1 Å². The van der Waals surface area contributed by atoms with Crippen LogP contribution in [0.1, 0.15) is 31.2 Å². The molecule has 0 radical (unpaired) electrons. The zero-order valence-electron chi connectivity index (χ0n) is 14.0. The van der Waals surface area contributed by atoms with Gasteiger partial charge in [0.15, 0.2) is 0 Å². The van der Waals surface area contributed by atoms with Gasteiger partial charge in [0.1, 0.15) is 0 Å². The first-order valence-corrected chi connectivity index (χ1v) is 8.55. The van der Waals surface area contributed by atoms with Crippen molar-refractivity contribution < 1.29 is 14.5 Å². The molecule has 0 unspecified atom stereocenters. The number of benzene rings is 1. The van der Waals surface area contributed by atoms with E-state index >= 15 is 0 Å². The molecule has 1 aromatic rings. The largest absolute Gasteiger partial charge is 0.340 e. The van der Waals surface area contributed by atoms with Gasteiger partial charge >= 0.3 is 0 Å². The van der Waals surface area contributed by atoms with Crippen molar-refractivity contribution in [1.29, 1.82) is 0 Å². The quantitative estimate of drug-likeness (QED) is 0.477. The van der Waals surface area contributed by atoms with Crippen LogP contribution < -0.4 is 0 Å². The molecule has 2 fully saturated rings.